The molecule has 0 spiro atoms. The topological polar surface area (TPSA) is 12.0 Å². The Balaban J connectivity index is 1.36. The molecule has 2 fully saturated rings. The molecule has 0 aromatic carbocycles. The van der Waals surface area contributed by atoms with Gasteiger partial charge in [-0.25, -0.2) is 0 Å². The summed E-state index contributed by atoms with van der Waals surface area (Å²) in [4.78, 5) is 0. The largest absolute Gasteiger partial charge is 0.314 e. The minimum Gasteiger partial charge on any atom is -0.314 e. The van der Waals surface area contributed by atoms with E-state index in [1.54, 1.807) is 0 Å². The van der Waals surface area contributed by atoms with E-state index in [2.05, 4.69) is 24.4 Å². The molecule has 102 valence electrons. The van der Waals surface area contributed by atoms with Crippen LogP contribution in [-0.2, 0) is 0 Å². The Bertz CT molecular complexity index is 290. The highest BCUT2D eigenvalue weighted by Gasteiger charge is 2.38. The molecule has 1 N–H and O–H groups in total. The maximum absolute atomic E-state index is 3.82. The van der Waals surface area contributed by atoms with Gasteiger partial charge in [0.1, 0.15) is 0 Å². The van der Waals surface area contributed by atoms with Gasteiger partial charge in [-0.3, -0.25) is 0 Å². The molecule has 1 heteroatoms. The fourth-order valence-corrected chi connectivity index (χ4v) is 4.54. The first-order valence-electron chi connectivity index (χ1n) is 8.24. The summed E-state index contributed by atoms with van der Waals surface area (Å²) in [5.41, 5.74) is 0. The fourth-order valence-electron chi connectivity index (χ4n) is 4.54. The Kier molecular flexibility index (Phi) is 4.08. The zero-order valence-corrected chi connectivity index (χ0v) is 11.9. The molecular formula is C17H29N. The van der Waals surface area contributed by atoms with Gasteiger partial charge in [-0.2, -0.15) is 0 Å². The van der Waals surface area contributed by atoms with E-state index in [4.69, 9.17) is 0 Å². The van der Waals surface area contributed by atoms with Crippen LogP contribution >= 0.6 is 0 Å². The second kappa shape index (κ2) is 5.77. The van der Waals surface area contributed by atoms with Crippen LogP contribution in [0.3, 0.4) is 0 Å². The predicted octanol–water partition coefficient (Wildman–Crippen LogP) is 4.15. The number of nitrogens with one attached hydrogen (secondary N) is 1. The van der Waals surface area contributed by atoms with Gasteiger partial charge >= 0.3 is 0 Å². The minimum atomic E-state index is 0.730. The van der Waals surface area contributed by atoms with Gasteiger partial charge in [0.05, 0.1) is 0 Å². The molecule has 4 unspecified atom stereocenters. The SMILES string of the molecule is CC(NCCC1CCCCC1)C1CC2C=CC1C2. The molecular weight excluding hydrogens is 218 g/mol. The Morgan fingerprint density at radius 3 is 2.61 bits per heavy atom. The van der Waals surface area contributed by atoms with Crippen molar-refractivity contribution >= 4 is 0 Å². The van der Waals surface area contributed by atoms with E-state index in [0.29, 0.717) is 0 Å². The van der Waals surface area contributed by atoms with Crippen molar-refractivity contribution in [2.24, 2.45) is 23.7 Å². The molecule has 2 bridgehead atoms. The number of rotatable bonds is 5. The summed E-state index contributed by atoms with van der Waals surface area (Å²) in [7, 11) is 0. The summed E-state index contributed by atoms with van der Waals surface area (Å²) in [6.45, 7) is 3.67. The third-order valence-electron chi connectivity index (χ3n) is 5.72. The molecule has 4 atom stereocenters. The Morgan fingerprint density at radius 1 is 1.11 bits per heavy atom. The van der Waals surface area contributed by atoms with Crippen LogP contribution in [0.5, 0.6) is 0 Å². The van der Waals surface area contributed by atoms with Crippen LogP contribution in [0.25, 0.3) is 0 Å². The van der Waals surface area contributed by atoms with E-state index in [0.717, 1.165) is 29.7 Å². The summed E-state index contributed by atoms with van der Waals surface area (Å²) in [5.74, 6) is 3.76. The van der Waals surface area contributed by atoms with Crippen LogP contribution in [0.2, 0.25) is 0 Å². The molecule has 0 amide bonds. The Morgan fingerprint density at radius 2 is 1.94 bits per heavy atom. The maximum atomic E-state index is 3.82. The van der Waals surface area contributed by atoms with Crippen molar-refractivity contribution in [1.82, 2.24) is 5.32 Å². The molecule has 18 heavy (non-hydrogen) atoms. The van der Waals surface area contributed by atoms with Gasteiger partial charge in [-0.05, 0) is 56.4 Å². The first-order chi connectivity index (χ1) is 8.83. The minimum absolute atomic E-state index is 0.730. The summed E-state index contributed by atoms with van der Waals surface area (Å²) < 4.78 is 0. The zero-order valence-electron chi connectivity index (χ0n) is 11.9. The number of fused-ring (bicyclic) bond motifs is 2. The average molecular weight is 247 g/mol. The summed E-state index contributed by atoms with van der Waals surface area (Å²) >= 11 is 0. The lowest BCUT2D eigenvalue weighted by Crippen LogP contribution is -2.36. The number of hydrogen-bond donors (Lipinski definition) is 1. The normalized spacial score (nSPS) is 37.3. The van der Waals surface area contributed by atoms with Gasteiger partial charge in [0, 0.05) is 6.04 Å². The van der Waals surface area contributed by atoms with Crippen molar-refractivity contribution in [3.05, 3.63) is 12.2 Å². The van der Waals surface area contributed by atoms with Crippen molar-refractivity contribution in [1.29, 1.82) is 0 Å². The standard InChI is InChI=1S/C17H29N/c1-13(17-12-15-7-8-16(17)11-15)18-10-9-14-5-3-2-4-6-14/h7-8,13-18H,2-6,9-12H2,1H3. The van der Waals surface area contributed by atoms with Crippen molar-refractivity contribution in [3.8, 4) is 0 Å². The Labute approximate surface area is 112 Å². The van der Waals surface area contributed by atoms with Crippen molar-refractivity contribution < 1.29 is 0 Å². The summed E-state index contributed by atoms with van der Waals surface area (Å²) in [5, 5.41) is 3.82. The Hall–Kier alpha value is -0.300. The highest BCUT2D eigenvalue weighted by molar-refractivity contribution is 5.11. The second-order valence-electron chi connectivity index (χ2n) is 6.98. The van der Waals surface area contributed by atoms with Crippen LogP contribution in [0.1, 0.15) is 58.3 Å². The third kappa shape index (κ3) is 2.82. The molecule has 3 aliphatic rings. The molecule has 0 aromatic rings. The van der Waals surface area contributed by atoms with Crippen LogP contribution in [0.15, 0.2) is 12.2 Å². The predicted molar refractivity (Wildman–Crippen MR) is 77.5 cm³/mol. The van der Waals surface area contributed by atoms with Gasteiger partial charge in [-0.15, -0.1) is 0 Å². The molecule has 0 saturated heterocycles. The van der Waals surface area contributed by atoms with Gasteiger partial charge in [0.2, 0.25) is 0 Å². The van der Waals surface area contributed by atoms with Crippen molar-refractivity contribution in [3.63, 3.8) is 0 Å². The van der Waals surface area contributed by atoms with Gasteiger partial charge in [-0.1, -0.05) is 44.3 Å². The summed E-state index contributed by atoms with van der Waals surface area (Å²) in [6.07, 6.45) is 16.7. The maximum Gasteiger partial charge on any atom is 0.00728 e. The van der Waals surface area contributed by atoms with Crippen LogP contribution in [-0.4, -0.2) is 12.6 Å². The quantitative estimate of drug-likeness (QED) is 0.720. The second-order valence-corrected chi connectivity index (χ2v) is 6.98. The number of hydrogen-bond acceptors (Lipinski definition) is 1. The zero-order chi connectivity index (χ0) is 12.4. The highest BCUT2D eigenvalue weighted by Crippen LogP contribution is 2.44. The van der Waals surface area contributed by atoms with Gasteiger partial charge in [0.25, 0.3) is 0 Å². The van der Waals surface area contributed by atoms with Gasteiger partial charge in [0.15, 0.2) is 0 Å². The lowest BCUT2D eigenvalue weighted by molar-refractivity contribution is 0.295. The monoisotopic (exact) mass is 247 g/mol. The first kappa shape index (κ1) is 12.7. The van der Waals surface area contributed by atoms with Crippen molar-refractivity contribution in [2.45, 2.75) is 64.3 Å². The van der Waals surface area contributed by atoms with E-state index < -0.39 is 0 Å². The lowest BCUT2D eigenvalue weighted by Gasteiger charge is -2.28. The first-order valence-corrected chi connectivity index (χ1v) is 8.24. The molecule has 3 rings (SSSR count). The molecule has 0 aromatic heterocycles. The van der Waals surface area contributed by atoms with E-state index in [-0.39, 0.29) is 0 Å². The van der Waals surface area contributed by atoms with Crippen LogP contribution in [0.4, 0.5) is 0 Å². The van der Waals surface area contributed by atoms with E-state index in [1.165, 1.54) is 57.9 Å². The lowest BCUT2D eigenvalue weighted by atomic mass is 9.86. The molecule has 2 saturated carbocycles. The third-order valence-corrected chi connectivity index (χ3v) is 5.72. The van der Waals surface area contributed by atoms with Crippen LogP contribution < -0.4 is 5.32 Å². The average Bonchev–Trinajstić information content (AvgIpc) is 3.02. The molecule has 0 heterocycles. The highest BCUT2D eigenvalue weighted by atomic mass is 14.9. The van der Waals surface area contributed by atoms with Crippen molar-refractivity contribution in [2.75, 3.05) is 6.54 Å². The number of allylic oxidation sites excluding steroid dienone is 2. The van der Waals surface area contributed by atoms with E-state index in [1.807, 2.05) is 0 Å². The molecule has 1 nitrogen and oxygen atoms in total. The smallest absolute Gasteiger partial charge is 0.00728 e. The van der Waals surface area contributed by atoms with E-state index in [9.17, 15) is 0 Å². The summed E-state index contributed by atoms with van der Waals surface area (Å²) in [6, 6.07) is 0.730. The fraction of sp³-hybridized carbons (Fsp3) is 0.882. The molecule has 0 radical (unpaired) electrons. The molecule has 3 aliphatic carbocycles. The van der Waals surface area contributed by atoms with E-state index >= 15 is 0 Å². The van der Waals surface area contributed by atoms with Crippen LogP contribution in [0, 0.1) is 23.7 Å². The molecule has 0 aliphatic heterocycles. The van der Waals surface area contributed by atoms with Gasteiger partial charge < -0.3 is 5.32 Å².